The topological polar surface area (TPSA) is 100 Å². The highest BCUT2D eigenvalue weighted by molar-refractivity contribution is 14.1. The van der Waals surface area contributed by atoms with E-state index in [9.17, 15) is 14.9 Å². The highest BCUT2D eigenvalue weighted by Crippen LogP contribution is 2.35. The van der Waals surface area contributed by atoms with E-state index in [2.05, 4.69) is 27.6 Å². The van der Waals surface area contributed by atoms with Crippen molar-refractivity contribution in [1.29, 1.82) is 0 Å². The SMILES string of the molecule is CCOc1cc(/C=C2\N=C(c3ccc([N+](=O)[O-])cc3)OC2=O)cc(I)c1OCC. The molecule has 3 rings (SSSR count). The van der Waals surface area contributed by atoms with E-state index in [4.69, 9.17) is 14.2 Å². The number of nitro benzene ring substituents is 1. The van der Waals surface area contributed by atoms with Crippen LogP contribution in [0.2, 0.25) is 0 Å². The van der Waals surface area contributed by atoms with Crippen LogP contribution < -0.4 is 9.47 Å². The second kappa shape index (κ2) is 9.03. The number of rotatable bonds is 7. The standard InChI is InChI=1S/C20H17IN2O6/c1-3-27-17-11-12(9-15(21)18(17)28-4-2)10-16-20(24)29-19(22-16)13-5-7-14(8-6-13)23(25)26/h5-11H,3-4H2,1-2H3/b16-10-. The molecule has 9 heteroatoms. The lowest BCUT2D eigenvalue weighted by Gasteiger charge is -2.13. The van der Waals surface area contributed by atoms with Gasteiger partial charge in [-0.05, 0) is 72.3 Å². The quantitative estimate of drug-likeness (QED) is 0.181. The Hall–Kier alpha value is -2.95. The highest BCUT2D eigenvalue weighted by atomic mass is 127. The number of hydrogen-bond acceptors (Lipinski definition) is 7. The number of hydrogen-bond donors (Lipinski definition) is 0. The molecule has 150 valence electrons. The molecule has 0 spiro atoms. The molecule has 1 aliphatic heterocycles. The molecule has 0 radical (unpaired) electrons. The van der Waals surface area contributed by atoms with Crippen LogP contribution in [0.25, 0.3) is 6.08 Å². The smallest absolute Gasteiger partial charge is 0.363 e. The fourth-order valence-electron chi connectivity index (χ4n) is 2.63. The van der Waals surface area contributed by atoms with Crippen molar-refractivity contribution in [1.82, 2.24) is 0 Å². The summed E-state index contributed by atoms with van der Waals surface area (Å²) in [5, 5.41) is 10.8. The van der Waals surface area contributed by atoms with Gasteiger partial charge in [0.2, 0.25) is 5.90 Å². The Morgan fingerprint density at radius 2 is 1.86 bits per heavy atom. The van der Waals surface area contributed by atoms with E-state index in [1.54, 1.807) is 12.1 Å². The molecule has 0 atom stereocenters. The zero-order valence-electron chi connectivity index (χ0n) is 15.7. The molecule has 0 N–H and O–H groups in total. The molecule has 0 aliphatic carbocycles. The van der Waals surface area contributed by atoms with Gasteiger partial charge in [0.15, 0.2) is 17.2 Å². The number of esters is 1. The summed E-state index contributed by atoms with van der Waals surface area (Å²) in [5.74, 6) is 0.738. The maximum atomic E-state index is 12.2. The van der Waals surface area contributed by atoms with E-state index in [-0.39, 0.29) is 17.3 Å². The van der Waals surface area contributed by atoms with Crippen LogP contribution in [-0.4, -0.2) is 30.0 Å². The van der Waals surface area contributed by atoms with Crippen LogP contribution in [0.4, 0.5) is 5.69 Å². The van der Waals surface area contributed by atoms with E-state index < -0.39 is 10.9 Å². The van der Waals surface area contributed by atoms with Gasteiger partial charge in [0.05, 0.1) is 21.7 Å². The Bertz CT molecular complexity index is 1010. The molecule has 0 saturated carbocycles. The Morgan fingerprint density at radius 1 is 1.17 bits per heavy atom. The summed E-state index contributed by atoms with van der Waals surface area (Å²) in [6.45, 7) is 4.75. The molecule has 2 aromatic carbocycles. The molecule has 0 aromatic heterocycles. The van der Waals surface area contributed by atoms with Crippen molar-refractivity contribution in [3.63, 3.8) is 0 Å². The Kier molecular flexibility index (Phi) is 6.47. The number of carbonyl (C=O) groups is 1. The molecular formula is C20H17IN2O6. The third-order valence-corrected chi connectivity index (χ3v) is 4.67. The maximum absolute atomic E-state index is 12.2. The van der Waals surface area contributed by atoms with Crippen LogP contribution in [0.3, 0.4) is 0 Å². The molecular weight excluding hydrogens is 491 g/mol. The minimum absolute atomic E-state index is 0.0538. The number of ether oxygens (including phenoxy) is 3. The van der Waals surface area contributed by atoms with Gasteiger partial charge >= 0.3 is 5.97 Å². The predicted molar refractivity (Wildman–Crippen MR) is 115 cm³/mol. The van der Waals surface area contributed by atoms with Gasteiger partial charge in [0, 0.05) is 17.7 Å². The summed E-state index contributed by atoms with van der Waals surface area (Å²) in [5.41, 5.74) is 1.26. The predicted octanol–water partition coefficient (Wildman–Crippen LogP) is 4.34. The number of nitro groups is 1. The molecule has 0 amide bonds. The highest BCUT2D eigenvalue weighted by Gasteiger charge is 2.25. The second-order valence-corrected chi connectivity index (χ2v) is 7.00. The molecule has 0 fully saturated rings. The molecule has 0 unspecified atom stereocenters. The third kappa shape index (κ3) is 4.73. The van der Waals surface area contributed by atoms with E-state index in [0.717, 1.165) is 3.57 Å². The van der Waals surface area contributed by atoms with E-state index in [0.29, 0.717) is 35.8 Å². The van der Waals surface area contributed by atoms with Gasteiger partial charge in [-0.15, -0.1) is 0 Å². The molecule has 8 nitrogen and oxygen atoms in total. The average Bonchev–Trinajstić information content (AvgIpc) is 3.05. The van der Waals surface area contributed by atoms with Crippen LogP contribution in [0.15, 0.2) is 47.1 Å². The van der Waals surface area contributed by atoms with E-state index in [1.165, 1.54) is 24.3 Å². The first-order chi connectivity index (χ1) is 13.9. The molecule has 1 heterocycles. The summed E-state index contributed by atoms with van der Waals surface area (Å²) < 4.78 is 17.4. The number of carbonyl (C=O) groups excluding carboxylic acids is 1. The van der Waals surface area contributed by atoms with Crippen LogP contribution in [0, 0.1) is 13.7 Å². The molecule has 29 heavy (non-hydrogen) atoms. The normalized spacial score (nSPS) is 14.5. The number of non-ortho nitro benzene ring substituents is 1. The lowest BCUT2D eigenvalue weighted by atomic mass is 10.1. The first kappa shape index (κ1) is 20.8. The number of aliphatic imine (C=N–C) groups is 1. The zero-order chi connectivity index (χ0) is 21.0. The lowest BCUT2D eigenvalue weighted by molar-refractivity contribution is -0.384. The van der Waals surface area contributed by atoms with Crippen LogP contribution >= 0.6 is 22.6 Å². The fourth-order valence-corrected chi connectivity index (χ4v) is 3.42. The van der Waals surface area contributed by atoms with Crippen LogP contribution in [-0.2, 0) is 9.53 Å². The largest absolute Gasteiger partial charge is 0.490 e. The van der Waals surface area contributed by atoms with Crippen LogP contribution in [0.1, 0.15) is 25.0 Å². The van der Waals surface area contributed by atoms with E-state index in [1.807, 2.05) is 19.9 Å². The van der Waals surface area contributed by atoms with Gasteiger partial charge in [0.25, 0.3) is 5.69 Å². The Labute approximate surface area is 180 Å². The molecule has 0 saturated heterocycles. The van der Waals surface area contributed by atoms with Crippen molar-refractivity contribution in [3.8, 4) is 11.5 Å². The summed E-state index contributed by atoms with van der Waals surface area (Å²) in [7, 11) is 0. The van der Waals surface area contributed by atoms with Gasteiger partial charge in [-0.25, -0.2) is 9.79 Å². The van der Waals surface area contributed by atoms with E-state index >= 15 is 0 Å². The van der Waals surface area contributed by atoms with Crippen molar-refractivity contribution >= 4 is 46.2 Å². The minimum atomic E-state index is -0.597. The van der Waals surface area contributed by atoms with Crippen molar-refractivity contribution in [2.75, 3.05) is 13.2 Å². The second-order valence-electron chi connectivity index (χ2n) is 5.84. The monoisotopic (exact) mass is 508 g/mol. The number of cyclic esters (lactones) is 1. The van der Waals surface area contributed by atoms with Crippen molar-refractivity contribution in [3.05, 3.63) is 66.9 Å². The average molecular weight is 508 g/mol. The van der Waals surface area contributed by atoms with Crippen molar-refractivity contribution in [2.45, 2.75) is 13.8 Å². The Balaban J connectivity index is 1.93. The van der Waals surface area contributed by atoms with Gasteiger partial charge in [-0.1, -0.05) is 0 Å². The first-order valence-corrected chi connectivity index (χ1v) is 9.87. The van der Waals surface area contributed by atoms with Crippen molar-refractivity contribution < 1.29 is 23.9 Å². The number of nitrogens with zero attached hydrogens (tertiary/aromatic N) is 2. The maximum Gasteiger partial charge on any atom is 0.363 e. The lowest BCUT2D eigenvalue weighted by Crippen LogP contribution is -2.05. The number of halogens is 1. The summed E-state index contributed by atoms with van der Waals surface area (Å²) in [6, 6.07) is 9.26. The molecule has 1 aliphatic rings. The molecule has 2 aromatic rings. The minimum Gasteiger partial charge on any atom is -0.490 e. The van der Waals surface area contributed by atoms with Gasteiger partial charge < -0.3 is 14.2 Å². The zero-order valence-corrected chi connectivity index (χ0v) is 17.8. The van der Waals surface area contributed by atoms with Gasteiger partial charge in [-0.2, -0.15) is 0 Å². The van der Waals surface area contributed by atoms with Gasteiger partial charge in [0.1, 0.15) is 0 Å². The van der Waals surface area contributed by atoms with Crippen LogP contribution in [0.5, 0.6) is 11.5 Å². The third-order valence-electron chi connectivity index (χ3n) is 3.87. The fraction of sp³-hybridized carbons (Fsp3) is 0.200. The Morgan fingerprint density at radius 3 is 2.48 bits per heavy atom. The summed E-state index contributed by atoms with van der Waals surface area (Å²) in [4.78, 5) is 26.7. The first-order valence-electron chi connectivity index (χ1n) is 8.79. The summed E-state index contributed by atoms with van der Waals surface area (Å²) >= 11 is 2.15. The summed E-state index contributed by atoms with van der Waals surface area (Å²) in [6.07, 6.45) is 1.60. The molecule has 0 bridgehead atoms. The number of benzene rings is 2. The van der Waals surface area contributed by atoms with Crippen molar-refractivity contribution in [2.24, 2.45) is 4.99 Å². The van der Waals surface area contributed by atoms with Gasteiger partial charge in [-0.3, -0.25) is 10.1 Å².